The summed E-state index contributed by atoms with van der Waals surface area (Å²) in [5, 5.41) is 11.9. The van der Waals surface area contributed by atoms with Gasteiger partial charge in [-0.15, -0.1) is 11.3 Å². The molecule has 0 saturated carbocycles. The second-order valence-electron chi connectivity index (χ2n) is 8.78. The van der Waals surface area contributed by atoms with Crippen LogP contribution in [0.15, 0.2) is 66.7 Å². The van der Waals surface area contributed by atoms with Crippen molar-refractivity contribution >= 4 is 23.1 Å². The number of hydrogen-bond acceptors (Lipinski definition) is 5. The quantitative estimate of drug-likeness (QED) is 0.376. The topological polar surface area (TPSA) is 61.8 Å². The van der Waals surface area contributed by atoms with E-state index in [0.29, 0.717) is 0 Å². The second-order valence-corrected chi connectivity index (χ2v) is 10.0. The first-order chi connectivity index (χ1) is 16.7. The van der Waals surface area contributed by atoms with E-state index in [1.807, 2.05) is 65.9 Å². The summed E-state index contributed by atoms with van der Waals surface area (Å²) in [6.45, 7) is 3.26. The number of hydrogen-bond donors (Lipinski definition) is 2. The highest BCUT2D eigenvalue weighted by atomic mass is 32.1. The summed E-state index contributed by atoms with van der Waals surface area (Å²) in [7, 11) is 0. The lowest BCUT2D eigenvalue weighted by Crippen LogP contribution is -2.39. The number of aliphatic hydroxyl groups excluding tert-OH is 1. The Bertz CT molecular complexity index is 1030. The zero-order chi connectivity index (χ0) is 23.6. The van der Waals surface area contributed by atoms with E-state index in [2.05, 4.69) is 22.3 Å². The van der Waals surface area contributed by atoms with Crippen LogP contribution in [0.2, 0.25) is 0 Å². The number of anilines is 1. The molecule has 2 N–H and O–H groups in total. The van der Waals surface area contributed by atoms with Crippen LogP contribution in [0.4, 0.5) is 10.5 Å². The third kappa shape index (κ3) is 7.16. The van der Waals surface area contributed by atoms with Crippen molar-refractivity contribution in [1.29, 1.82) is 0 Å². The number of amides is 1. The lowest BCUT2D eigenvalue weighted by molar-refractivity contribution is 0.0587. The van der Waals surface area contributed by atoms with Crippen LogP contribution >= 0.6 is 11.3 Å². The molecule has 1 amide bonds. The van der Waals surface area contributed by atoms with Gasteiger partial charge < -0.3 is 14.7 Å². The molecule has 0 bridgehead atoms. The molecule has 1 aliphatic rings. The number of nitrogens with one attached hydrogen (secondary N) is 1. The third-order valence-electron chi connectivity index (χ3n) is 6.25. The van der Waals surface area contributed by atoms with Gasteiger partial charge in [0.05, 0.1) is 5.69 Å². The van der Waals surface area contributed by atoms with Crippen molar-refractivity contribution in [1.82, 2.24) is 4.90 Å². The summed E-state index contributed by atoms with van der Waals surface area (Å²) in [6, 6.07) is 22.3. The summed E-state index contributed by atoms with van der Waals surface area (Å²) in [5.74, 6) is 0. The number of benzene rings is 2. The second kappa shape index (κ2) is 12.7. The van der Waals surface area contributed by atoms with Gasteiger partial charge in [0.2, 0.25) is 0 Å². The summed E-state index contributed by atoms with van der Waals surface area (Å²) < 4.78 is 5.75. The minimum absolute atomic E-state index is 0.0356. The van der Waals surface area contributed by atoms with E-state index in [1.54, 1.807) is 0 Å². The number of carbonyl (C=O) groups excluding carboxylic acids is 1. The molecule has 2 heterocycles. The average molecular weight is 479 g/mol. The summed E-state index contributed by atoms with van der Waals surface area (Å²) in [4.78, 5) is 17.9. The number of nitrogens with zero attached hydrogens (tertiary/aromatic N) is 1. The van der Waals surface area contributed by atoms with E-state index >= 15 is 0 Å². The molecule has 0 radical (unpaired) electrons. The van der Waals surface area contributed by atoms with Crippen LogP contribution < -0.4 is 5.32 Å². The largest absolute Gasteiger partial charge is 0.446 e. The maximum absolute atomic E-state index is 12.6. The Morgan fingerprint density at radius 3 is 2.35 bits per heavy atom. The molecule has 1 fully saturated rings. The number of para-hydroxylation sites is 1. The van der Waals surface area contributed by atoms with Crippen LogP contribution in [0, 0.1) is 0 Å². The van der Waals surface area contributed by atoms with Gasteiger partial charge >= 0.3 is 6.09 Å². The molecule has 1 aliphatic heterocycles. The van der Waals surface area contributed by atoms with Crippen LogP contribution in [-0.2, 0) is 17.6 Å². The number of thiophene rings is 1. The van der Waals surface area contributed by atoms with Gasteiger partial charge in [0.25, 0.3) is 0 Å². The lowest BCUT2D eigenvalue weighted by Gasteiger charge is -2.31. The van der Waals surface area contributed by atoms with Crippen LogP contribution in [0.5, 0.6) is 0 Å². The molecule has 1 aromatic heterocycles. The minimum atomic E-state index is -0.378. The van der Waals surface area contributed by atoms with Gasteiger partial charge in [-0.25, -0.2) is 4.79 Å². The Labute approximate surface area is 206 Å². The number of aliphatic hydroxyl groups is 1. The maximum atomic E-state index is 12.6. The summed E-state index contributed by atoms with van der Waals surface area (Å²) >= 11 is 1.87. The number of ether oxygens (including phenoxy) is 1. The molecule has 5 nitrogen and oxygen atoms in total. The van der Waals surface area contributed by atoms with Gasteiger partial charge in [-0.2, -0.15) is 0 Å². The number of carbonyl (C=O) groups is 1. The highest BCUT2D eigenvalue weighted by molar-refractivity contribution is 7.11. The van der Waals surface area contributed by atoms with Crippen molar-refractivity contribution in [3.05, 3.63) is 76.5 Å². The first-order valence-corrected chi connectivity index (χ1v) is 13.1. The average Bonchev–Trinajstić information content (AvgIpc) is 3.32. The number of likely N-dealkylation sites (tertiary alicyclic amines) is 1. The fourth-order valence-corrected chi connectivity index (χ4v) is 5.53. The monoisotopic (exact) mass is 478 g/mol. The lowest BCUT2D eigenvalue weighted by atomic mass is 10.0. The van der Waals surface area contributed by atoms with Gasteiger partial charge in [-0.3, -0.25) is 5.32 Å². The van der Waals surface area contributed by atoms with E-state index in [9.17, 15) is 4.79 Å². The molecule has 0 atom stereocenters. The Hall–Kier alpha value is -2.67. The van der Waals surface area contributed by atoms with Crippen molar-refractivity contribution in [3.63, 3.8) is 0 Å². The summed E-state index contributed by atoms with van der Waals surface area (Å²) in [6.07, 6.45) is 5.39. The van der Waals surface area contributed by atoms with Crippen LogP contribution in [0.3, 0.4) is 0 Å². The van der Waals surface area contributed by atoms with Gasteiger partial charge in [0, 0.05) is 35.0 Å². The minimum Gasteiger partial charge on any atom is -0.446 e. The van der Waals surface area contributed by atoms with Crippen molar-refractivity contribution in [2.45, 2.75) is 44.6 Å². The number of piperidine rings is 1. The SMILES string of the molecule is O=C(Nc1ccccc1-c1ccccc1)OC1CCN(CCCc2ccc(CCCO)s2)CC1. The molecule has 2 aromatic carbocycles. The fourth-order valence-electron chi connectivity index (χ4n) is 4.42. The van der Waals surface area contributed by atoms with E-state index in [-0.39, 0.29) is 18.8 Å². The smallest absolute Gasteiger partial charge is 0.411 e. The molecule has 34 heavy (non-hydrogen) atoms. The predicted molar refractivity (Wildman–Crippen MR) is 139 cm³/mol. The van der Waals surface area contributed by atoms with Crippen LogP contribution in [-0.4, -0.2) is 48.4 Å². The Morgan fingerprint density at radius 2 is 1.62 bits per heavy atom. The standard InChI is InChI=1S/C28H34N2O3S/c31-21-7-11-25-15-14-24(34-25)10-6-18-30-19-16-23(17-20-30)33-28(32)29-27-13-5-4-12-26(27)22-8-2-1-3-9-22/h1-5,8-9,12-15,23,31H,6-7,10-11,16-21H2,(H,29,32). The van der Waals surface area contributed by atoms with Crippen molar-refractivity contribution in [2.24, 2.45) is 0 Å². The van der Waals surface area contributed by atoms with Gasteiger partial charge in [-0.1, -0.05) is 48.5 Å². The van der Waals surface area contributed by atoms with Crippen molar-refractivity contribution < 1.29 is 14.6 Å². The third-order valence-corrected chi connectivity index (χ3v) is 7.46. The highest BCUT2D eigenvalue weighted by Gasteiger charge is 2.22. The zero-order valence-corrected chi connectivity index (χ0v) is 20.4. The number of aryl methyl sites for hydroxylation is 2. The number of rotatable bonds is 10. The van der Waals surface area contributed by atoms with Gasteiger partial charge in [0.15, 0.2) is 0 Å². The van der Waals surface area contributed by atoms with Crippen LogP contribution in [0.25, 0.3) is 11.1 Å². The molecule has 0 unspecified atom stereocenters. The Balaban J connectivity index is 1.18. The van der Waals surface area contributed by atoms with Gasteiger partial charge in [0.1, 0.15) is 6.10 Å². The van der Waals surface area contributed by atoms with E-state index in [0.717, 1.165) is 75.0 Å². The first-order valence-electron chi connectivity index (χ1n) is 12.2. The zero-order valence-electron chi connectivity index (χ0n) is 19.6. The van der Waals surface area contributed by atoms with E-state index < -0.39 is 0 Å². The summed E-state index contributed by atoms with van der Waals surface area (Å²) in [5.41, 5.74) is 2.82. The normalized spacial score (nSPS) is 14.7. The molecule has 3 aromatic rings. The Kier molecular flexibility index (Phi) is 9.13. The Morgan fingerprint density at radius 1 is 0.941 bits per heavy atom. The fraction of sp³-hybridized carbons (Fsp3) is 0.393. The molecular weight excluding hydrogens is 444 g/mol. The molecule has 0 spiro atoms. The first kappa shape index (κ1) is 24.5. The van der Waals surface area contributed by atoms with Gasteiger partial charge in [-0.05, 0) is 68.8 Å². The maximum Gasteiger partial charge on any atom is 0.411 e. The van der Waals surface area contributed by atoms with E-state index in [1.165, 1.54) is 9.75 Å². The van der Waals surface area contributed by atoms with Crippen LogP contribution in [0.1, 0.15) is 35.4 Å². The molecule has 180 valence electrons. The predicted octanol–water partition coefficient (Wildman–Crippen LogP) is 5.99. The molecular formula is C28H34N2O3S. The molecule has 0 aliphatic carbocycles. The molecule has 6 heteroatoms. The van der Waals surface area contributed by atoms with E-state index in [4.69, 9.17) is 9.84 Å². The highest BCUT2D eigenvalue weighted by Crippen LogP contribution is 2.28. The molecule has 1 saturated heterocycles. The molecule has 4 rings (SSSR count). The van der Waals surface area contributed by atoms with Crippen molar-refractivity contribution in [2.75, 3.05) is 31.6 Å². The van der Waals surface area contributed by atoms with Crippen molar-refractivity contribution in [3.8, 4) is 11.1 Å².